The molecule has 0 fully saturated rings. The van der Waals surface area contributed by atoms with Gasteiger partial charge in [-0.3, -0.25) is 0 Å². The molecule has 0 N–H and O–H groups in total. The molecular formula is C13H14. The van der Waals surface area contributed by atoms with Crippen LogP contribution in [0, 0.1) is 0 Å². The molecule has 1 aliphatic carbocycles. The third kappa shape index (κ3) is 1.57. The first-order valence-electron chi connectivity index (χ1n) is 4.74. The van der Waals surface area contributed by atoms with E-state index in [0.29, 0.717) is 0 Å². The van der Waals surface area contributed by atoms with E-state index in [1.54, 1.807) is 0 Å². The van der Waals surface area contributed by atoms with Crippen molar-refractivity contribution in [2.75, 3.05) is 0 Å². The lowest BCUT2D eigenvalue weighted by molar-refractivity contribution is 1.12. The molecule has 66 valence electrons. The number of rotatable bonds is 1. The van der Waals surface area contributed by atoms with Crippen LogP contribution in [0.3, 0.4) is 0 Å². The van der Waals surface area contributed by atoms with Crippen molar-refractivity contribution in [1.29, 1.82) is 0 Å². The van der Waals surface area contributed by atoms with Crippen LogP contribution in [0.5, 0.6) is 0 Å². The van der Waals surface area contributed by atoms with Crippen LogP contribution < -0.4 is 10.4 Å². The molecular weight excluding hydrogens is 156 g/mol. The van der Waals surface area contributed by atoms with Gasteiger partial charge in [0.15, 0.2) is 0 Å². The number of benzene rings is 1. The highest BCUT2D eigenvalue weighted by atomic mass is 14.0. The highest BCUT2D eigenvalue weighted by molar-refractivity contribution is 5.61. The summed E-state index contributed by atoms with van der Waals surface area (Å²) in [4.78, 5) is 0. The van der Waals surface area contributed by atoms with E-state index in [9.17, 15) is 0 Å². The van der Waals surface area contributed by atoms with Crippen molar-refractivity contribution in [3.05, 3.63) is 40.8 Å². The molecule has 2 rings (SSSR count). The van der Waals surface area contributed by atoms with Gasteiger partial charge in [-0.2, -0.15) is 0 Å². The quantitative estimate of drug-likeness (QED) is 0.605. The van der Waals surface area contributed by atoms with E-state index in [1.165, 1.54) is 28.8 Å². The Morgan fingerprint density at radius 2 is 1.85 bits per heavy atom. The zero-order valence-electron chi connectivity index (χ0n) is 8.01. The molecule has 0 unspecified atom stereocenters. The second-order valence-electron chi connectivity index (χ2n) is 3.61. The van der Waals surface area contributed by atoms with Gasteiger partial charge >= 0.3 is 0 Å². The predicted molar refractivity (Wildman–Crippen MR) is 58.6 cm³/mol. The fourth-order valence-corrected chi connectivity index (χ4v) is 1.68. The Bertz CT molecular complexity index is 449. The second-order valence-corrected chi connectivity index (χ2v) is 3.61. The van der Waals surface area contributed by atoms with Gasteiger partial charge in [0, 0.05) is 0 Å². The molecule has 0 spiro atoms. The molecule has 0 heteroatoms. The summed E-state index contributed by atoms with van der Waals surface area (Å²) in [5.41, 5.74) is 2.40. The zero-order valence-corrected chi connectivity index (χ0v) is 8.01. The minimum atomic E-state index is 1.14. The molecule has 1 aromatic rings. The Kier molecular flexibility index (Phi) is 2.05. The van der Waals surface area contributed by atoms with E-state index in [-0.39, 0.29) is 0 Å². The van der Waals surface area contributed by atoms with E-state index in [2.05, 4.69) is 36.9 Å². The summed E-state index contributed by atoms with van der Waals surface area (Å²) in [5, 5.41) is 2.74. The molecule has 1 aliphatic rings. The van der Waals surface area contributed by atoms with Crippen LogP contribution in [-0.2, 0) is 0 Å². The number of allylic oxidation sites excluding steroid dienone is 1. The van der Waals surface area contributed by atoms with Crippen LogP contribution >= 0.6 is 0 Å². The second kappa shape index (κ2) is 3.21. The maximum atomic E-state index is 3.95. The molecule has 0 saturated carbocycles. The summed E-state index contributed by atoms with van der Waals surface area (Å²) < 4.78 is 0. The van der Waals surface area contributed by atoms with Crippen molar-refractivity contribution < 1.29 is 0 Å². The van der Waals surface area contributed by atoms with Crippen LogP contribution in [0.15, 0.2) is 24.8 Å². The molecule has 0 aromatic heterocycles. The van der Waals surface area contributed by atoms with Gasteiger partial charge in [-0.15, -0.1) is 0 Å². The van der Waals surface area contributed by atoms with Crippen LogP contribution in [0.2, 0.25) is 0 Å². The third-order valence-corrected chi connectivity index (χ3v) is 2.47. The molecule has 0 atom stereocenters. The number of fused-ring (bicyclic) bond motifs is 1. The molecule has 0 amide bonds. The fraction of sp³-hybridized carbons (Fsp3) is 0.231. The maximum absolute atomic E-state index is 3.95. The predicted octanol–water partition coefficient (Wildman–Crippen LogP) is 2.07. The van der Waals surface area contributed by atoms with Crippen LogP contribution in [0.1, 0.15) is 25.3 Å². The first-order valence-corrected chi connectivity index (χ1v) is 4.74. The van der Waals surface area contributed by atoms with Gasteiger partial charge in [0.25, 0.3) is 0 Å². The van der Waals surface area contributed by atoms with E-state index in [1.807, 2.05) is 6.92 Å². The summed E-state index contributed by atoms with van der Waals surface area (Å²) in [5.74, 6) is 0. The molecule has 0 saturated heterocycles. The van der Waals surface area contributed by atoms with Crippen molar-refractivity contribution in [1.82, 2.24) is 0 Å². The highest BCUT2D eigenvalue weighted by Crippen LogP contribution is 2.07. The van der Waals surface area contributed by atoms with Gasteiger partial charge < -0.3 is 0 Å². The van der Waals surface area contributed by atoms with E-state index in [0.717, 1.165) is 5.57 Å². The maximum Gasteiger partial charge on any atom is -0.0221 e. The molecule has 0 aliphatic heterocycles. The minimum Gasteiger partial charge on any atom is -0.0955 e. The van der Waals surface area contributed by atoms with E-state index < -0.39 is 0 Å². The Morgan fingerprint density at radius 1 is 1.15 bits per heavy atom. The summed E-state index contributed by atoms with van der Waals surface area (Å²) in [7, 11) is 0. The molecule has 13 heavy (non-hydrogen) atoms. The molecule has 1 aromatic carbocycles. The van der Waals surface area contributed by atoms with Crippen molar-refractivity contribution in [2.24, 2.45) is 0 Å². The lowest BCUT2D eigenvalue weighted by Crippen LogP contribution is -2.26. The molecule has 0 heterocycles. The van der Waals surface area contributed by atoms with E-state index >= 15 is 0 Å². The summed E-state index contributed by atoms with van der Waals surface area (Å²) in [6.07, 6.45) is 6.96. The van der Waals surface area contributed by atoms with Crippen LogP contribution in [0.4, 0.5) is 0 Å². The average molecular weight is 170 g/mol. The summed E-state index contributed by atoms with van der Waals surface area (Å²) in [6, 6.07) is 6.57. The van der Waals surface area contributed by atoms with E-state index in [4.69, 9.17) is 0 Å². The first-order chi connectivity index (χ1) is 6.27. The van der Waals surface area contributed by atoms with Crippen molar-refractivity contribution in [3.63, 3.8) is 0 Å². The Hall–Kier alpha value is -1.30. The van der Waals surface area contributed by atoms with Gasteiger partial charge in [-0.05, 0) is 41.8 Å². The first kappa shape index (κ1) is 8.31. The van der Waals surface area contributed by atoms with Crippen LogP contribution in [-0.4, -0.2) is 0 Å². The lowest BCUT2D eigenvalue weighted by Gasteiger charge is -2.03. The van der Waals surface area contributed by atoms with Gasteiger partial charge in [0.1, 0.15) is 0 Å². The molecule has 0 radical (unpaired) electrons. The highest BCUT2D eigenvalue weighted by Gasteiger charge is 1.96. The van der Waals surface area contributed by atoms with Crippen molar-refractivity contribution in [2.45, 2.75) is 19.8 Å². The number of hydrogen-bond donors (Lipinski definition) is 0. The Balaban J connectivity index is 2.67. The standard InChI is InChI=1S/C13H14/c1-10(2)12-8-7-11-5-3-4-6-13(11)9-12/h5-9H,1,3-4H2,2H3. The molecule has 0 nitrogen and oxygen atoms in total. The Morgan fingerprint density at radius 3 is 2.54 bits per heavy atom. The van der Waals surface area contributed by atoms with Gasteiger partial charge in [-0.25, -0.2) is 0 Å². The smallest absolute Gasteiger partial charge is 0.0221 e. The molecule has 0 bridgehead atoms. The zero-order chi connectivity index (χ0) is 9.26. The number of hydrogen-bond acceptors (Lipinski definition) is 0. The average Bonchev–Trinajstić information content (AvgIpc) is 2.17. The van der Waals surface area contributed by atoms with Gasteiger partial charge in [-0.1, -0.05) is 36.4 Å². The Labute approximate surface area is 78.9 Å². The fourth-order valence-electron chi connectivity index (χ4n) is 1.68. The monoisotopic (exact) mass is 170 g/mol. The van der Waals surface area contributed by atoms with Crippen LogP contribution in [0.25, 0.3) is 17.7 Å². The normalized spacial score (nSPS) is 13.9. The largest absolute Gasteiger partial charge is 0.0955 e. The van der Waals surface area contributed by atoms with Crippen molar-refractivity contribution in [3.8, 4) is 0 Å². The summed E-state index contributed by atoms with van der Waals surface area (Å²) >= 11 is 0. The third-order valence-electron chi connectivity index (χ3n) is 2.47. The minimum absolute atomic E-state index is 1.14. The van der Waals surface area contributed by atoms with Gasteiger partial charge in [0.2, 0.25) is 0 Å². The lowest BCUT2D eigenvalue weighted by atomic mass is 10.0. The topological polar surface area (TPSA) is 0 Å². The van der Waals surface area contributed by atoms with Crippen molar-refractivity contribution >= 4 is 17.7 Å². The van der Waals surface area contributed by atoms with Gasteiger partial charge in [0.05, 0.1) is 0 Å². The summed E-state index contributed by atoms with van der Waals surface area (Å²) in [6.45, 7) is 6.00. The SMILES string of the molecule is C=C(C)c1ccc2c(c1)=CCCC=2.